The van der Waals surface area contributed by atoms with Crippen molar-refractivity contribution in [1.29, 1.82) is 5.26 Å². The Kier molecular flexibility index (Phi) is 5.65. The fraction of sp³-hybridized carbons (Fsp3) is 0.500. The Morgan fingerprint density at radius 3 is 2.77 bits per heavy atom. The first-order valence-electron chi connectivity index (χ1n) is 8.92. The summed E-state index contributed by atoms with van der Waals surface area (Å²) in [5, 5.41) is 18.4. The van der Waals surface area contributed by atoms with Gasteiger partial charge in [0.1, 0.15) is 12.4 Å². The summed E-state index contributed by atoms with van der Waals surface area (Å²) >= 11 is 0. The van der Waals surface area contributed by atoms with Crippen molar-refractivity contribution in [2.75, 3.05) is 19.7 Å². The molecule has 1 amide bonds. The van der Waals surface area contributed by atoms with Crippen molar-refractivity contribution in [3.63, 3.8) is 0 Å². The van der Waals surface area contributed by atoms with E-state index in [-0.39, 0.29) is 18.1 Å². The predicted octanol–water partition coefficient (Wildman–Crippen LogP) is 2.55. The van der Waals surface area contributed by atoms with E-state index in [1.54, 1.807) is 36.1 Å². The third kappa shape index (κ3) is 3.76. The summed E-state index contributed by atoms with van der Waals surface area (Å²) in [6.07, 6.45) is 1.74. The van der Waals surface area contributed by atoms with Crippen LogP contribution in [0.5, 0.6) is 5.75 Å². The minimum absolute atomic E-state index is 0.0754. The minimum atomic E-state index is -0.849. The molecule has 0 saturated carbocycles. The summed E-state index contributed by atoms with van der Waals surface area (Å²) in [4.78, 5) is 15.6. The number of carboxylic acid groups (broad SMARTS) is 1. The molecule has 1 aromatic rings. The molecule has 6 heteroatoms. The lowest BCUT2D eigenvalue weighted by molar-refractivity contribution is 0.0166. The van der Waals surface area contributed by atoms with E-state index in [9.17, 15) is 9.90 Å². The number of likely N-dealkylation sites (tertiary alicyclic amines) is 1. The number of ether oxygens (including phenoxy) is 1. The van der Waals surface area contributed by atoms with E-state index in [0.717, 1.165) is 25.1 Å². The molecule has 2 heterocycles. The molecular weight excluding hydrogens is 330 g/mol. The summed E-state index contributed by atoms with van der Waals surface area (Å²) in [7, 11) is 0. The van der Waals surface area contributed by atoms with Crippen molar-refractivity contribution in [2.24, 2.45) is 0 Å². The average molecular weight is 353 g/mol. The second kappa shape index (κ2) is 8.12. The van der Waals surface area contributed by atoms with Gasteiger partial charge < -0.3 is 14.7 Å². The van der Waals surface area contributed by atoms with Gasteiger partial charge in [0.15, 0.2) is 0 Å². The predicted molar refractivity (Wildman–Crippen MR) is 96.8 cm³/mol. The van der Waals surface area contributed by atoms with Crippen molar-refractivity contribution in [3.05, 3.63) is 29.8 Å². The van der Waals surface area contributed by atoms with Gasteiger partial charge in [-0.1, -0.05) is 0 Å². The van der Waals surface area contributed by atoms with Crippen molar-refractivity contribution in [2.45, 2.75) is 44.3 Å². The van der Waals surface area contributed by atoms with E-state index in [1.165, 1.54) is 0 Å². The van der Waals surface area contributed by atoms with E-state index in [0.29, 0.717) is 25.1 Å². The van der Waals surface area contributed by atoms with Gasteiger partial charge in [0.05, 0.1) is 17.7 Å². The van der Waals surface area contributed by atoms with Gasteiger partial charge in [-0.25, -0.2) is 4.79 Å². The van der Waals surface area contributed by atoms with Gasteiger partial charge in [-0.15, -0.1) is 11.8 Å². The third-order valence-electron chi connectivity index (χ3n) is 5.28. The second-order valence-corrected chi connectivity index (χ2v) is 6.65. The fourth-order valence-electron chi connectivity index (χ4n) is 4.06. The minimum Gasteiger partial charge on any atom is -0.492 e. The molecule has 3 unspecified atom stereocenters. The third-order valence-corrected chi connectivity index (χ3v) is 5.28. The number of fused-ring (bicyclic) bond motifs is 2. The van der Waals surface area contributed by atoms with Gasteiger partial charge in [0.2, 0.25) is 0 Å². The van der Waals surface area contributed by atoms with Crippen LogP contribution in [0.15, 0.2) is 24.3 Å². The molecule has 0 aromatic heterocycles. The number of carbonyl (C=O) groups is 1. The van der Waals surface area contributed by atoms with Crippen molar-refractivity contribution >= 4 is 6.09 Å². The number of nitrogens with zero attached hydrogens (tertiary/aromatic N) is 3. The van der Waals surface area contributed by atoms with E-state index in [2.05, 4.69) is 22.8 Å². The molecule has 2 bridgehead atoms. The number of benzene rings is 1. The topological polar surface area (TPSA) is 76.8 Å². The Balaban J connectivity index is 1.61. The Hall–Kier alpha value is -2.70. The number of rotatable bonds is 5. The molecule has 2 aliphatic rings. The van der Waals surface area contributed by atoms with Gasteiger partial charge in [0.25, 0.3) is 0 Å². The van der Waals surface area contributed by atoms with Crippen LogP contribution in [-0.2, 0) is 0 Å². The first kappa shape index (κ1) is 18.1. The van der Waals surface area contributed by atoms with E-state index >= 15 is 0 Å². The van der Waals surface area contributed by atoms with E-state index in [1.807, 2.05) is 0 Å². The molecule has 3 atom stereocenters. The Morgan fingerprint density at radius 1 is 1.35 bits per heavy atom. The molecular formula is C20H23N3O3. The quantitative estimate of drug-likeness (QED) is 0.823. The normalized spacial score (nSPS) is 24.5. The smallest absolute Gasteiger partial charge is 0.407 e. The van der Waals surface area contributed by atoms with Gasteiger partial charge in [-0.3, -0.25) is 4.90 Å². The molecule has 1 aromatic carbocycles. The molecule has 2 fully saturated rings. The summed E-state index contributed by atoms with van der Waals surface area (Å²) in [5.74, 6) is 6.69. The zero-order chi connectivity index (χ0) is 18.5. The van der Waals surface area contributed by atoms with Gasteiger partial charge in [-0.2, -0.15) is 5.26 Å². The van der Waals surface area contributed by atoms with Gasteiger partial charge in [0, 0.05) is 31.6 Å². The second-order valence-electron chi connectivity index (χ2n) is 6.65. The largest absolute Gasteiger partial charge is 0.492 e. The zero-order valence-corrected chi connectivity index (χ0v) is 14.9. The summed E-state index contributed by atoms with van der Waals surface area (Å²) in [6, 6.07) is 9.56. The number of amides is 1. The van der Waals surface area contributed by atoms with E-state index < -0.39 is 6.09 Å². The van der Waals surface area contributed by atoms with Crippen LogP contribution >= 0.6 is 0 Å². The SMILES string of the molecule is CC#CCC1C2CCC(CN1C(=O)O)N2CCOc1ccc(C#N)cc1. The lowest BCUT2D eigenvalue weighted by atomic mass is 10.00. The Labute approximate surface area is 154 Å². The first-order valence-corrected chi connectivity index (χ1v) is 8.92. The van der Waals surface area contributed by atoms with Crippen molar-refractivity contribution < 1.29 is 14.6 Å². The molecule has 6 nitrogen and oxygen atoms in total. The van der Waals surface area contributed by atoms with Crippen LogP contribution in [0.2, 0.25) is 0 Å². The molecule has 26 heavy (non-hydrogen) atoms. The first-order chi connectivity index (χ1) is 12.6. The standard InChI is InChI=1S/C20H23N3O3/c1-2-3-4-18-19-10-7-16(14-23(18)20(24)25)22(19)11-12-26-17-8-5-15(13-21)6-9-17/h5-6,8-9,16,18-19H,4,7,10-12,14H2,1H3,(H,24,25). The maximum absolute atomic E-state index is 11.6. The highest BCUT2D eigenvalue weighted by molar-refractivity contribution is 5.66. The van der Waals surface area contributed by atoms with Gasteiger partial charge in [-0.05, 0) is 44.0 Å². The highest BCUT2D eigenvalue weighted by Crippen LogP contribution is 2.35. The van der Waals surface area contributed by atoms with Crippen LogP contribution in [0, 0.1) is 23.2 Å². The molecule has 1 N–H and O–H groups in total. The highest BCUT2D eigenvalue weighted by Gasteiger charge is 2.47. The van der Waals surface area contributed by atoms with Crippen molar-refractivity contribution in [1.82, 2.24) is 9.80 Å². The van der Waals surface area contributed by atoms with Gasteiger partial charge >= 0.3 is 6.09 Å². The summed E-state index contributed by atoms with van der Waals surface area (Å²) in [6.45, 7) is 3.63. The van der Waals surface area contributed by atoms with Crippen LogP contribution in [-0.4, -0.2) is 58.8 Å². The number of piperazine rings is 1. The Bertz CT molecular complexity index is 744. The lowest BCUT2D eigenvalue weighted by Gasteiger charge is -2.45. The molecule has 0 radical (unpaired) electrons. The molecule has 2 saturated heterocycles. The average Bonchev–Trinajstić information content (AvgIpc) is 2.93. The summed E-state index contributed by atoms with van der Waals surface area (Å²) < 4.78 is 5.81. The monoisotopic (exact) mass is 353 g/mol. The van der Waals surface area contributed by atoms with Crippen LogP contribution in [0.4, 0.5) is 4.79 Å². The summed E-state index contributed by atoms with van der Waals surface area (Å²) in [5.41, 5.74) is 0.611. The molecule has 136 valence electrons. The number of hydrogen-bond donors (Lipinski definition) is 1. The fourth-order valence-corrected chi connectivity index (χ4v) is 4.06. The van der Waals surface area contributed by atoms with Crippen LogP contribution in [0.1, 0.15) is 31.7 Å². The zero-order valence-electron chi connectivity index (χ0n) is 14.9. The van der Waals surface area contributed by atoms with Crippen LogP contribution in [0.3, 0.4) is 0 Å². The highest BCUT2D eigenvalue weighted by atomic mass is 16.5. The molecule has 0 spiro atoms. The van der Waals surface area contributed by atoms with Crippen LogP contribution < -0.4 is 4.74 Å². The molecule has 0 aliphatic carbocycles. The number of hydrogen-bond acceptors (Lipinski definition) is 4. The van der Waals surface area contributed by atoms with Crippen LogP contribution in [0.25, 0.3) is 0 Å². The molecule has 2 aliphatic heterocycles. The van der Waals surface area contributed by atoms with E-state index in [4.69, 9.17) is 10.00 Å². The molecule has 3 rings (SSSR count). The Morgan fingerprint density at radius 2 is 2.12 bits per heavy atom. The maximum Gasteiger partial charge on any atom is 0.407 e. The lowest BCUT2D eigenvalue weighted by Crippen LogP contribution is -2.61. The maximum atomic E-state index is 11.6. The van der Waals surface area contributed by atoms with Crippen molar-refractivity contribution in [3.8, 4) is 23.7 Å². The number of nitriles is 1.